The van der Waals surface area contributed by atoms with Gasteiger partial charge in [-0.1, -0.05) is 28.4 Å². The molecule has 1 heterocycles. The number of carbonyl (C=O) groups is 1. The molecule has 82 valence electrons. The zero-order valence-electron chi connectivity index (χ0n) is 7.91. The Balaban J connectivity index is 2.15. The van der Waals surface area contributed by atoms with E-state index >= 15 is 0 Å². The molecule has 0 atom stereocenters. The van der Waals surface area contributed by atoms with Gasteiger partial charge < -0.3 is 9.84 Å². The fourth-order valence-corrected chi connectivity index (χ4v) is 1.40. The summed E-state index contributed by atoms with van der Waals surface area (Å²) in [5.74, 6) is -0.368. The first-order valence-corrected chi connectivity index (χ1v) is 5.09. The Labute approximate surface area is 101 Å². The van der Waals surface area contributed by atoms with Crippen LogP contribution in [0, 0.1) is 0 Å². The predicted octanol–water partition coefficient (Wildman–Crippen LogP) is 3.23. The highest BCUT2D eigenvalue weighted by Gasteiger charge is 2.09. The number of benzene rings is 1. The molecule has 0 radical (unpaired) electrons. The normalized spacial score (nSPS) is 10.1. The number of halogens is 2. The maximum Gasteiger partial charge on any atom is 0.277 e. The lowest BCUT2D eigenvalue weighted by atomic mass is 10.3. The van der Waals surface area contributed by atoms with Crippen LogP contribution in [0.4, 0.5) is 5.69 Å². The fraction of sp³-hybridized carbons (Fsp3) is 0. The maximum absolute atomic E-state index is 11.6. The Kier molecular flexibility index (Phi) is 3.12. The molecule has 2 rings (SSSR count). The number of carbonyl (C=O) groups excluding carboxylic acids is 1. The van der Waals surface area contributed by atoms with E-state index in [4.69, 9.17) is 23.2 Å². The van der Waals surface area contributed by atoms with Gasteiger partial charge in [0.1, 0.15) is 6.26 Å². The summed E-state index contributed by atoms with van der Waals surface area (Å²) in [6, 6.07) is 6.27. The lowest BCUT2D eigenvalue weighted by Gasteiger charge is -2.03. The van der Waals surface area contributed by atoms with E-state index in [0.29, 0.717) is 15.7 Å². The number of amides is 1. The molecule has 4 nitrogen and oxygen atoms in total. The summed E-state index contributed by atoms with van der Waals surface area (Å²) in [7, 11) is 0. The third-order valence-electron chi connectivity index (χ3n) is 1.85. The van der Waals surface area contributed by atoms with Crippen molar-refractivity contribution in [2.45, 2.75) is 0 Å². The predicted molar refractivity (Wildman–Crippen MR) is 60.9 cm³/mol. The summed E-state index contributed by atoms with van der Waals surface area (Å²) in [5, 5.41) is 6.92. The van der Waals surface area contributed by atoms with E-state index in [1.165, 1.54) is 12.3 Å². The molecule has 2 aromatic rings. The first-order valence-electron chi connectivity index (χ1n) is 4.33. The largest absolute Gasteiger partial charge is 0.364 e. The van der Waals surface area contributed by atoms with Gasteiger partial charge in [-0.05, 0) is 18.2 Å². The van der Waals surface area contributed by atoms with Crippen molar-refractivity contribution in [1.82, 2.24) is 5.16 Å². The summed E-state index contributed by atoms with van der Waals surface area (Å²) in [6.07, 6.45) is 1.32. The monoisotopic (exact) mass is 256 g/mol. The zero-order valence-corrected chi connectivity index (χ0v) is 9.42. The number of hydrogen-bond donors (Lipinski definition) is 1. The molecule has 0 saturated heterocycles. The zero-order chi connectivity index (χ0) is 11.5. The number of aromatic nitrogens is 1. The third kappa shape index (κ3) is 2.35. The third-order valence-corrected chi connectivity index (χ3v) is 2.59. The molecule has 6 heteroatoms. The molecule has 0 aliphatic carbocycles. The smallest absolute Gasteiger partial charge is 0.277 e. The Morgan fingerprint density at radius 2 is 2.06 bits per heavy atom. The topological polar surface area (TPSA) is 55.1 Å². The quantitative estimate of drug-likeness (QED) is 0.898. The van der Waals surface area contributed by atoms with Crippen LogP contribution >= 0.6 is 23.2 Å². The standard InChI is InChI=1S/C10H6Cl2N2O2/c11-7-2-1-6(5-8(7)12)13-10(15)9-3-4-16-14-9/h1-5H,(H,13,15). The summed E-state index contributed by atoms with van der Waals surface area (Å²) < 4.78 is 4.56. The second-order valence-electron chi connectivity index (χ2n) is 2.97. The van der Waals surface area contributed by atoms with Gasteiger partial charge in [-0.25, -0.2) is 0 Å². The van der Waals surface area contributed by atoms with Gasteiger partial charge in [0.05, 0.1) is 10.0 Å². The second kappa shape index (κ2) is 4.55. The summed E-state index contributed by atoms with van der Waals surface area (Å²) in [4.78, 5) is 11.6. The van der Waals surface area contributed by atoms with E-state index < -0.39 is 0 Å². The van der Waals surface area contributed by atoms with Crippen molar-refractivity contribution < 1.29 is 9.32 Å². The highest BCUT2D eigenvalue weighted by Crippen LogP contribution is 2.25. The molecule has 0 saturated carbocycles. The highest BCUT2D eigenvalue weighted by atomic mass is 35.5. The summed E-state index contributed by atoms with van der Waals surface area (Å²) in [5.41, 5.74) is 0.744. The number of hydrogen-bond acceptors (Lipinski definition) is 3. The fourth-order valence-electron chi connectivity index (χ4n) is 1.10. The van der Waals surface area contributed by atoms with Crippen LogP contribution in [-0.2, 0) is 0 Å². The van der Waals surface area contributed by atoms with Gasteiger partial charge in [0.15, 0.2) is 5.69 Å². The molecule has 1 aromatic heterocycles. The van der Waals surface area contributed by atoms with E-state index in [9.17, 15) is 4.79 Å². The first kappa shape index (κ1) is 11.0. The second-order valence-corrected chi connectivity index (χ2v) is 3.78. The van der Waals surface area contributed by atoms with Crippen LogP contribution in [0.5, 0.6) is 0 Å². The van der Waals surface area contributed by atoms with Crippen LogP contribution in [0.15, 0.2) is 35.1 Å². The Hall–Kier alpha value is -1.52. The minimum atomic E-state index is -0.368. The van der Waals surface area contributed by atoms with Gasteiger partial charge in [-0.2, -0.15) is 0 Å². The highest BCUT2D eigenvalue weighted by molar-refractivity contribution is 6.42. The average molecular weight is 257 g/mol. The van der Waals surface area contributed by atoms with Crippen molar-refractivity contribution >= 4 is 34.8 Å². The van der Waals surface area contributed by atoms with Crippen LogP contribution in [0.25, 0.3) is 0 Å². The van der Waals surface area contributed by atoms with Gasteiger partial charge in [0.25, 0.3) is 5.91 Å². The van der Waals surface area contributed by atoms with Crippen LogP contribution in [0.3, 0.4) is 0 Å². The van der Waals surface area contributed by atoms with Crippen molar-refractivity contribution in [3.63, 3.8) is 0 Å². The Morgan fingerprint density at radius 3 is 2.69 bits per heavy atom. The van der Waals surface area contributed by atoms with E-state index in [0.717, 1.165) is 0 Å². The molecule has 0 unspecified atom stereocenters. The van der Waals surface area contributed by atoms with Crippen LogP contribution in [-0.4, -0.2) is 11.1 Å². The van der Waals surface area contributed by atoms with E-state index in [1.807, 2.05) is 0 Å². The molecule has 0 aliphatic heterocycles. The lowest BCUT2D eigenvalue weighted by molar-refractivity contribution is 0.101. The lowest BCUT2D eigenvalue weighted by Crippen LogP contribution is -2.11. The van der Waals surface area contributed by atoms with Crippen molar-refractivity contribution in [2.75, 3.05) is 5.32 Å². The molecular weight excluding hydrogens is 251 g/mol. The van der Waals surface area contributed by atoms with Gasteiger partial charge in [0.2, 0.25) is 0 Å². The molecule has 16 heavy (non-hydrogen) atoms. The minimum absolute atomic E-state index is 0.200. The Morgan fingerprint density at radius 1 is 1.25 bits per heavy atom. The van der Waals surface area contributed by atoms with Gasteiger partial charge in [-0.3, -0.25) is 4.79 Å². The van der Waals surface area contributed by atoms with Crippen molar-refractivity contribution in [1.29, 1.82) is 0 Å². The molecule has 1 amide bonds. The molecule has 0 aliphatic rings. The summed E-state index contributed by atoms with van der Waals surface area (Å²) in [6.45, 7) is 0. The molecule has 0 bridgehead atoms. The molecule has 0 fully saturated rings. The number of rotatable bonds is 2. The minimum Gasteiger partial charge on any atom is -0.364 e. The van der Waals surface area contributed by atoms with E-state index in [-0.39, 0.29) is 11.6 Å². The van der Waals surface area contributed by atoms with Crippen LogP contribution in [0.1, 0.15) is 10.5 Å². The average Bonchev–Trinajstić information content (AvgIpc) is 2.77. The van der Waals surface area contributed by atoms with Crippen molar-refractivity contribution in [2.24, 2.45) is 0 Å². The van der Waals surface area contributed by atoms with Crippen LogP contribution < -0.4 is 5.32 Å². The van der Waals surface area contributed by atoms with Crippen molar-refractivity contribution in [3.8, 4) is 0 Å². The van der Waals surface area contributed by atoms with E-state index in [1.54, 1.807) is 18.2 Å². The molecular formula is C10H6Cl2N2O2. The Bertz CT molecular complexity index is 512. The van der Waals surface area contributed by atoms with Gasteiger partial charge >= 0.3 is 0 Å². The number of nitrogens with one attached hydrogen (secondary N) is 1. The maximum atomic E-state index is 11.6. The summed E-state index contributed by atoms with van der Waals surface area (Å²) >= 11 is 11.5. The van der Waals surface area contributed by atoms with Crippen molar-refractivity contribution in [3.05, 3.63) is 46.3 Å². The first-order chi connectivity index (χ1) is 7.66. The van der Waals surface area contributed by atoms with Gasteiger partial charge in [-0.15, -0.1) is 0 Å². The number of nitrogens with zero attached hydrogens (tertiary/aromatic N) is 1. The van der Waals surface area contributed by atoms with Gasteiger partial charge in [0, 0.05) is 11.8 Å². The van der Waals surface area contributed by atoms with E-state index in [2.05, 4.69) is 15.0 Å². The SMILES string of the molecule is O=C(Nc1ccc(Cl)c(Cl)c1)c1ccon1. The molecule has 0 spiro atoms. The molecule has 1 aromatic carbocycles. The molecule has 1 N–H and O–H groups in total. The number of anilines is 1. The van der Waals surface area contributed by atoms with Crippen LogP contribution in [0.2, 0.25) is 10.0 Å².